The van der Waals surface area contributed by atoms with Gasteiger partial charge in [0.25, 0.3) is 0 Å². The Morgan fingerprint density at radius 3 is 1.29 bits per heavy atom. The number of hydrogen-bond donors (Lipinski definition) is 0. The molecule has 0 N–H and O–H groups in total. The van der Waals surface area contributed by atoms with Crippen molar-refractivity contribution in [2.24, 2.45) is 9.98 Å². The third-order valence-electron chi connectivity index (χ3n) is 5.29. The van der Waals surface area contributed by atoms with E-state index in [4.69, 9.17) is 9.98 Å². The predicted octanol–water partition coefficient (Wildman–Crippen LogP) is 5.03. The van der Waals surface area contributed by atoms with Crippen molar-refractivity contribution in [3.63, 3.8) is 0 Å². The average Bonchev–Trinajstić information content (AvgIpc) is 3.52. The molecule has 162 valence electrons. The van der Waals surface area contributed by atoms with Crippen LogP contribution in [0.2, 0.25) is 0 Å². The summed E-state index contributed by atoms with van der Waals surface area (Å²) in [6.45, 7) is 0. The first-order valence-corrected chi connectivity index (χ1v) is 10.8. The van der Waals surface area contributed by atoms with E-state index in [-0.39, 0.29) is 0 Å². The van der Waals surface area contributed by atoms with Crippen LogP contribution < -0.4 is 0 Å². The summed E-state index contributed by atoms with van der Waals surface area (Å²) < 4.78 is 3.39. The lowest BCUT2D eigenvalue weighted by Crippen LogP contribution is -2.31. The van der Waals surface area contributed by atoms with Crippen LogP contribution in [0.25, 0.3) is 22.1 Å². The van der Waals surface area contributed by atoms with E-state index in [1.54, 1.807) is 9.36 Å². The van der Waals surface area contributed by atoms with Gasteiger partial charge >= 0.3 is 0 Å². The minimum absolute atomic E-state index is 0.472. The molecule has 34 heavy (non-hydrogen) atoms. The molecule has 2 heterocycles. The van der Waals surface area contributed by atoms with Crippen molar-refractivity contribution in [3.05, 3.63) is 109 Å². The third kappa shape index (κ3) is 3.63. The highest BCUT2D eigenvalue weighted by Gasteiger charge is 2.22. The van der Waals surface area contributed by atoms with Gasteiger partial charge in [0.2, 0.25) is 11.7 Å². The van der Waals surface area contributed by atoms with E-state index in [0.29, 0.717) is 11.7 Å². The SMILES string of the molecule is c1ccc(N=C(C(=Nc2ccccc2)n2nnc3ccccc32)n2nnc3ccccc32)cc1. The molecule has 6 aromatic rings. The van der Waals surface area contributed by atoms with Gasteiger partial charge in [-0.05, 0) is 48.5 Å². The lowest BCUT2D eigenvalue weighted by atomic mass is 10.3. The zero-order valence-corrected chi connectivity index (χ0v) is 18.0. The molecule has 0 bridgehead atoms. The zero-order chi connectivity index (χ0) is 22.7. The zero-order valence-electron chi connectivity index (χ0n) is 18.0. The molecule has 0 aliphatic heterocycles. The topological polar surface area (TPSA) is 86.1 Å². The Balaban J connectivity index is 1.67. The molecule has 4 aromatic carbocycles. The molecular formula is C26H18N8. The number of benzene rings is 4. The number of para-hydroxylation sites is 4. The second-order valence-electron chi connectivity index (χ2n) is 7.52. The Kier molecular flexibility index (Phi) is 4.93. The van der Waals surface area contributed by atoms with Crippen molar-refractivity contribution >= 4 is 45.1 Å². The molecule has 0 saturated heterocycles. The van der Waals surface area contributed by atoms with Crippen molar-refractivity contribution in [2.45, 2.75) is 0 Å². The highest BCUT2D eigenvalue weighted by molar-refractivity contribution is 6.43. The molecule has 0 spiro atoms. The van der Waals surface area contributed by atoms with Crippen LogP contribution in [0.4, 0.5) is 11.4 Å². The Bertz CT molecular complexity index is 1520. The molecule has 0 saturated carbocycles. The number of nitrogens with zero attached hydrogens (tertiary/aromatic N) is 8. The van der Waals surface area contributed by atoms with Gasteiger partial charge in [0, 0.05) is 0 Å². The van der Waals surface area contributed by atoms with E-state index in [0.717, 1.165) is 33.4 Å². The van der Waals surface area contributed by atoms with Crippen LogP contribution in [0, 0.1) is 0 Å². The van der Waals surface area contributed by atoms with Crippen molar-refractivity contribution in [3.8, 4) is 0 Å². The number of hydrogen-bond acceptors (Lipinski definition) is 6. The third-order valence-corrected chi connectivity index (χ3v) is 5.29. The van der Waals surface area contributed by atoms with Crippen LogP contribution in [0.3, 0.4) is 0 Å². The molecular weight excluding hydrogens is 424 g/mol. The second kappa shape index (κ2) is 8.51. The maximum Gasteiger partial charge on any atom is 0.201 e. The summed E-state index contributed by atoms with van der Waals surface area (Å²) in [5.41, 5.74) is 4.63. The lowest BCUT2D eigenvalue weighted by Gasteiger charge is -2.12. The van der Waals surface area contributed by atoms with Crippen molar-refractivity contribution in [1.82, 2.24) is 30.0 Å². The summed E-state index contributed by atoms with van der Waals surface area (Å²) in [5, 5.41) is 17.6. The van der Waals surface area contributed by atoms with Crippen LogP contribution in [0.1, 0.15) is 0 Å². The fraction of sp³-hybridized carbons (Fsp3) is 0. The quantitative estimate of drug-likeness (QED) is 0.278. The summed E-state index contributed by atoms with van der Waals surface area (Å²) in [5.74, 6) is 0.943. The van der Waals surface area contributed by atoms with Gasteiger partial charge in [-0.3, -0.25) is 0 Å². The molecule has 2 aromatic heterocycles. The highest BCUT2D eigenvalue weighted by atomic mass is 15.5. The van der Waals surface area contributed by atoms with Gasteiger partial charge in [0.15, 0.2) is 0 Å². The predicted molar refractivity (Wildman–Crippen MR) is 133 cm³/mol. The van der Waals surface area contributed by atoms with Crippen LogP contribution in [0.15, 0.2) is 119 Å². The van der Waals surface area contributed by atoms with E-state index < -0.39 is 0 Å². The molecule has 6 rings (SSSR count). The molecule has 8 heteroatoms. The largest absolute Gasteiger partial charge is 0.226 e. The Morgan fingerprint density at radius 2 is 0.853 bits per heavy atom. The van der Waals surface area contributed by atoms with Crippen LogP contribution in [-0.2, 0) is 0 Å². The Morgan fingerprint density at radius 1 is 0.471 bits per heavy atom. The van der Waals surface area contributed by atoms with E-state index in [9.17, 15) is 0 Å². The number of aliphatic imine (C=N–C) groups is 2. The molecule has 8 nitrogen and oxygen atoms in total. The fourth-order valence-corrected chi connectivity index (χ4v) is 3.68. The van der Waals surface area contributed by atoms with Gasteiger partial charge in [-0.1, -0.05) is 71.1 Å². The molecule has 0 fully saturated rings. The first-order valence-electron chi connectivity index (χ1n) is 10.8. The summed E-state index contributed by atoms with van der Waals surface area (Å²) in [6.07, 6.45) is 0. The number of aromatic nitrogens is 6. The monoisotopic (exact) mass is 442 g/mol. The summed E-state index contributed by atoms with van der Waals surface area (Å²) in [6, 6.07) is 34.9. The summed E-state index contributed by atoms with van der Waals surface area (Å²) >= 11 is 0. The maximum atomic E-state index is 4.97. The highest BCUT2D eigenvalue weighted by Crippen LogP contribution is 2.20. The van der Waals surface area contributed by atoms with Gasteiger partial charge in [0.05, 0.1) is 22.4 Å². The van der Waals surface area contributed by atoms with E-state index >= 15 is 0 Å². The number of fused-ring (bicyclic) bond motifs is 2. The first kappa shape index (κ1) is 19.7. The molecule has 0 aliphatic rings. The van der Waals surface area contributed by atoms with Gasteiger partial charge in [-0.2, -0.15) is 9.36 Å². The van der Waals surface area contributed by atoms with Crippen LogP contribution in [-0.4, -0.2) is 41.7 Å². The van der Waals surface area contributed by atoms with Gasteiger partial charge < -0.3 is 0 Å². The standard InChI is InChI=1S/C26H18N8/c1-3-11-19(12-4-1)27-25(33-23-17-9-7-15-21(23)29-31-33)26(28-20-13-5-2-6-14-20)34-24-18-10-8-16-22(24)30-32-34/h1-18H. The van der Waals surface area contributed by atoms with E-state index in [1.807, 2.05) is 109 Å². The van der Waals surface area contributed by atoms with Crippen molar-refractivity contribution in [2.75, 3.05) is 0 Å². The fourth-order valence-electron chi connectivity index (χ4n) is 3.68. The minimum Gasteiger partial charge on any atom is -0.226 e. The maximum absolute atomic E-state index is 4.97. The second-order valence-corrected chi connectivity index (χ2v) is 7.52. The molecule has 0 aliphatic carbocycles. The van der Waals surface area contributed by atoms with Crippen LogP contribution in [0.5, 0.6) is 0 Å². The van der Waals surface area contributed by atoms with Gasteiger partial charge in [0.1, 0.15) is 11.0 Å². The van der Waals surface area contributed by atoms with E-state index in [2.05, 4.69) is 20.6 Å². The van der Waals surface area contributed by atoms with Gasteiger partial charge in [-0.25, -0.2) is 9.98 Å². The van der Waals surface area contributed by atoms with E-state index in [1.165, 1.54) is 0 Å². The minimum atomic E-state index is 0.472. The van der Waals surface area contributed by atoms with Crippen molar-refractivity contribution < 1.29 is 0 Å². The van der Waals surface area contributed by atoms with Gasteiger partial charge in [-0.15, -0.1) is 10.2 Å². The summed E-state index contributed by atoms with van der Waals surface area (Å²) in [7, 11) is 0. The number of rotatable bonds is 2. The molecule has 0 radical (unpaired) electrons. The van der Waals surface area contributed by atoms with Crippen molar-refractivity contribution in [1.29, 1.82) is 0 Å². The Labute approximate surface area is 194 Å². The average molecular weight is 442 g/mol. The van der Waals surface area contributed by atoms with Crippen LogP contribution >= 0.6 is 0 Å². The lowest BCUT2D eigenvalue weighted by molar-refractivity contribution is 0.841. The normalized spacial score (nSPS) is 12.5. The molecule has 0 atom stereocenters. The summed E-state index contributed by atoms with van der Waals surface area (Å²) in [4.78, 5) is 9.94. The first-order chi connectivity index (χ1) is 16.9. The Hall–Kier alpha value is -4.98. The molecule has 0 unspecified atom stereocenters. The molecule has 0 amide bonds. The smallest absolute Gasteiger partial charge is 0.201 e.